The summed E-state index contributed by atoms with van der Waals surface area (Å²) in [5.41, 5.74) is 1.22. The fourth-order valence-corrected chi connectivity index (χ4v) is 3.41. The number of fused-ring (bicyclic) bond motifs is 1. The number of hydrogen-bond acceptors (Lipinski definition) is 3. The fraction of sp³-hybridized carbons (Fsp3) is 0.286. The second-order valence-electron chi connectivity index (χ2n) is 2.23. The van der Waals surface area contributed by atoms with E-state index in [0.717, 1.165) is 17.3 Å². The van der Waals surface area contributed by atoms with Crippen LogP contribution in [-0.2, 0) is 0 Å². The predicted octanol–water partition coefficient (Wildman–Crippen LogP) is 2.12. The maximum atomic E-state index is 5.18. The molecule has 0 saturated carbocycles. The van der Waals surface area contributed by atoms with Crippen LogP contribution >= 0.6 is 35.3 Å². The Bertz CT molecular complexity index is 279. The number of thiocarbonyl (C=S) groups is 1. The average molecular weight is 201 g/mol. The van der Waals surface area contributed by atoms with Crippen molar-refractivity contribution in [2.24, 2.45) is 0 Å². The van der Waals surface area contributed by atoms with Crippen LogP contribution in [-0.4, -0.2) is 17.3 Å². The molecule has 58 valence electrons. The van der Waals surface area contributed by atoms with Gasteiger partial charge in [0.15, 0.2) is 0 Å². The molecule has 1 aromatic heterocycles. The SMILES string of the molecule is S=C1NCCSc2sccc21. The molecule has 0 aromatic carbocycles. The molecular weight excluding hydrogens is 194 g/mol. The first-order chi connectivity index (χ1) is 5.38. The summed E-state index contributed by atoms with van der Waals surface area (Å²) in [6, 6.07) is 2.09. The Kier molecular flexibility index (Phi) is 2.16. The molecule has 0 spiro atoms. The summed E-state index contributed by atoms with van der Waals surface area (Å²) in [6.45, 7) is 0.991. The van der Waals surface area contributed by atoms with Crippen LogP contribution in [0.2, 0.25) is 0 Å². The highest BCUT2D eigenvalue weighted by molar-refractivity contribution is 8.01. The maximum Gasteiger partial charge on any atom is 0.108 e. The lowest BCUT2D eigenvalue weighted by atomic mass is 10.3. The number of hydrogen-bond donors (Lipinski definition) is 1. The summed E-state index contributed by atoms with van der Waals surface area (Å²) in [4.78, 5) is 0.909. The van der Waals surface area contributed by atoms with Gasteiger partial charge in [-0.1, -0.05) is 12.2 Å². The lowest BCUT2D eigenvalue weighted by Crippen LogP contribution is -2.22. The molecule has 1 aliphatic rings. The van der Waals surface area contributed by atoms with Crippen molar-refractivity contribution < 1.29 is 0 Å². The standard InChI is InChI=1S/C7H7NS3/c9-6-5-1-3-10-7(5)11-4-2-8-6/h1,3H,2,4H2,(H,8,9). The summed E-state index contributed by atoms with van der Waals surface area (Å²) in [5, 5.41) is 5.30. The minimum Gasteiger partial charge on any atom is -0.375 e. The van der Waals surface area contributed by atoms with Crippen LogP contribution in [0.5, 0.6) is 0 Å². The Labute approximate surface area is 79.2 Å². The van der Waals surface area contributed by atoms with Crippen LogP contribution in [0.1, 0.15) is 5.56 Å². The first kappa shape index (κ1) is 7.58. The monoisotopic (exact) mass is 201 g/mol. The number of thioether (sulfide) groups is 1. The van der Waals surface area contributed by atoms with Gasteiger partial charge in [0, 0.05) is 17.9 Å². The van der Waals surface area contributed by atoms with Crippen molar-refractivity contribution >= 4 is 40.3 Å². The summed E-state index contributed by atoms with van der Waals surface area (Å²) < 4.78 is 1.36. The third kappa shape index (κ3) is 1.43. The number of rotatable bonds is 0. The van der Waals surface area contributed by atoms with E-state index in [1.54, 1.807) is 11.3 Å². The zero-order valence-electron chi connectivity index (χ0n) is 5.79. The molecule has 1 aromatic rings. The number of thiophene rings is 1. The van der Waals surface area contributed by atoms with E-state index in [2.05, 4.69) is 16.8 Å². The average Bonchev–Trinajstić information content (AvgIpc) is 2.40. The summed E-state index contributed by atoms with van der Waals surface area (Å²) >= 11 is 8.85. The van der Waals surface area contributed by atoms with Crippen molar-refractivity contribution in [3.05, 3.63) is 17.0 Å². The Morgan fingerprint density at radius 2 is 2.45 bits per heavy atom. The van der Waals surface area contributed by atoms with Crippen LogP contribution in [0.25, 0.3) is 0 Å². The van der Waals surface area contributed by atoms with Crippen molar-refractivity contribution in [3.8, 4) is 0 Å². The van der Waals surface area contributed by atoms with Gasteiger partial charge < -0.3 is 5.32 Å². The van der Waals surface area contributed by atoms with Gasteiger partial charge in [0.2, 0.25) is 0 Å². The molecule has 1 nitrogen and oxygen atoms in total. The highest BCUT2D eigenvalue weighted by Gasteiger charge is 2.12. The van der Waals surface area contributed by atoms with E-state index in [-0.39, 0.29) is 0 Å². The molecular formula is C7H7NS3. The lowest BCUT2D eigenvalue weighted by Gasteiger charge is -1.99. The largest absolute Gasteiger partial charge is 0.375 e. The van der Waals surface area contributed by atoms with Crippen molar-refractivity contribution in [2.45, 2.75) is 4.21 Å². The van der Waals surface area contributed by atoms with Crippen molar-refractivity contribution in [1.29, 1.82) is 0 Å². The first-order valence-corrected chi connectivity index (χ1v) is 5.64. The Balaban J connectivity index is 2.41. The molecule has 1 aliphatic heterocycles. The maximum absolute atomic E-state index is 5.18. The smallest absolute Gasteiger partial charge is 0.108 e. The summed E-state index contributed by atoms with van der Waals surface area (Å²) in [6.07, 6.45) is 0. The lowest BCUT2D eigenvalue weighted by molar-refractivity contribution is 1.00. The summed E-state index contributed by atoms with van der Waals surface area (Å²) in [5.74, 6) is 1.12. The molecule has 0 fully saturated rings. The third-order valence-corrected chi connectivity index (χ3v) is 4.10. The van der Waals surface area contributed by atoms with E-state index in [9.17, 15) is 0 Å². The van der Waals surface area contributed by atoms with Crippen molar-refractivity contribution in [2.75, 3.05) is 12.3 Å². The van der Waals surface area contributed by atoms with Crippen LogP contribution < -0.4 is 5.32 Å². The Morgan fingerprint density at radius 3 is 3.36 bits per heavy atom. The molecule has 0 saturated heterocycles. The highest BCUT2D eigenvalue weighted by Crippen LogP contribution is 2.30. The van der Waals surface area contributed by atoms with Crippen LogP contribution in [0, 0.1) is 0 Å². The van der Waals surface area contributed by atoms with Gasteiger partial charge in [-0.05, 0) is 11.4 Å². The van der Waals surface area contributed by atoms with E-state index >= 15 is 0 Å². The van der Waals surface area contributed by atoms with Crippen molar-refractivity contribution in [3.63, 3.8) is 0 Å². The van der Waals surface area contributed by atoms with Crippen molar-refractivity contribution in [1.82, 2.24) is 5.32 Å². The van der Waals surface area contributed by atoms with Crippen LogP contribution in [0.15, 0.2) is 15.7 Å². The second-order valence-corrected chi connectivity index (χ2v) is 4.91. The molecule has 0 bridgehead atoms. The number of nitrogens with one attached hydrogen (secondary N) is 1. The van der Waals surface area contributed by atoms with E-state index in [1.165, 1.54) is 9.77 Å². The molecule has 0 atom stereocenters. The molecule has 11 heavy (non-hydrogen) atoms. The normalized spacial score (nSPS) is 16.9. The van der Waals surface area contributed by atoms with Crippen LogP contribution in [0.3, 0.4) is 0 Å². The first-order valence-electron chi connectivity index (χ1n) is 3.36. The van der Waals surface area contributed by atoms with Crippen LogP contribution in [0.4, 0.5) is 0 Å². The predicted molar refractivity (Wildman–Crippen MR) is 54.7 cm³/mol. The summed E-state index contributed by atoms with van der Waals surface area (Å²) in [7, 11) is 0. The fourth-order valence-electron chi connectivity index (χ4n) is 0.979. The van der Waals surface area contributed by atoms with Gasteiger partial charge >= 0.3 is 0 Å². The van der Waals surface area contributed by atoms with E-state index in [1.807, 2.05) is 11.8 Å². The molecule has 2 heterocycles. The topological polar surface area (TPSA) is 12.0 Å². The molecule has 0 amide bonds. The molecule has 1 N–H and O–H groups in total. The molecule has 4 heteroatoms. The van der Waals surface area contributed by atoms with Gasteiger partial charge in [0.1, 0.15) is 4.99 Å². The van der Waals surface area contributed by atoms with E-state index in [0.29, 0.717) is 0 Å². The van der Waals surface area contributed by atoms with Gasteiger partial charge in [0.25, 0.3) is 0 Å². The Hall–Kier alpha value is -0.0600. The molecule has 2 rings (SSSR count). The molecule has 0 unspecified atom stereocenters. The molecule has 0 radical (unpaired) electrons. The zero-order valence-corrected chi connectivity index (χ0v) is 8.24. The quantitative estimate of drug-likeness (QED) is 0.646. The van der Waals surface area contributed by atoms with E-state index in [4.69, 9.17) is 12.2 Å². The van der Waals surface area contributed by atoms with Gasteiger partial charge in [-0.15, -0.1) is 23.1 Å². The highest BCUT2D eigenvalue weighted by atomic mass is 32.2. The Morgan fingerprint density at radius 1 is 1.55 bits per heavy atom. The third-order valence-electron chi connectivity index (χ3n) is 1.50. The minimum absolute atomic E-state index is 0.909. The van der Waals surface area contributed by atoms with Gasteiger partial charge in [0.05, 0.1) is 4.21 Å². The van der Waals surface area contributed by atoms with Gasteiger partial charge in [-0.3, -0.25) is 0 Å². The van der Waals surface area contributed by atoms with E-state index < -0.39 is 0 Å². The minimum atomic E-state index is 0.909. The van der Waals surface area contributed by atoms with Gasteiger partial charge in [-0.25, -0.2) is 0 Å². The zero-order chi connectivity index (χ0) is 7.68. The second kappa shape index (κ2) is 3.13. The molecule has 0 aliphatic carbocycles. The van der Waals surface area contributed by atoms with Gasteiger partial charge in [-0.2, -0.15) is 0 Å².